The normalized spacial score (nSPS) is 20.3. The highest BCUT2D eigenvalue weighted by Gasteiger charge is 2.49. The second-order valence-corrected chi connectivity index (χ2v) is 10.5. The van der Waals surface area contributed by atoms with Crippen LogP contribution in [-0.2, 0) is 14.3 Å². The maximum Gasteiger partial charge on any atom is 0.407 e. The molecule has 0 radical (unpaired) electrons. The first-order valence-corrected chi connectivity index (χ1v) is 13.4. The standard InChI is InChI=1S/C27H38N4O8/c1-17(2)31(19-6-5-10-29(16-19)26(35)36)23(32)20-15-21-22(14-18(20)3)39-27(7-12-38-13-8-27)24(33)30(21)11-9-28-25(34)37-4/h14-15,17,19H,5-13,16H2,1-4H3,(H,28,34)(H,35,36)/t19-/m1/s1. The smallest absolute Gasteiger partial charge is 0.407 e. The lowest BCUT2D eigenvalue weighted by Gasteiger charge is -2.45. The summed E-state index contributed by atoms with van der Waals surface area (Å²) >= 11 is 0. The number of hydrogen-bond acceptors (Lipinski definition) is 7. The Hall–Kier alpha value is -3.54. The van der Waals surface area contributed by atoms with Crippen LogP contribution in [0, 0.1) is 6.92 Å². The van der Waals surface area contributed by atoms with Gasteiger partial charge in [-0.15, -0.1) is 0 Å². The number of carbonyl (C=O) groups is 4. The lowest BCUT2D eigenvalue weighted by Crippen LogP contribution is -2.59. The zero-order valence-corrected chi connectivity index (χ0v) is 23.0. The molecule has 0 bridgehead atoms. The molecule has 0 aliphatic carbocycles. The van der Waals surface area contributed by atoms with E-state index < -0.39 is 17.8 Å². The average molecular weight is 547 g/mol. The molecule has 1 atom stereocenters. The first-order chi connectivity index (χ1) is 18.6. The summed E-state index contributed by atoms with van der Waals surface area (Å²) in [6.45, 7) is 7.45. The molecule has 39 heavy (non-hydrogen) atoms. The highest BCUT2D eigenvalue weighted by Crippen LogP contribution is 2.43. The molecule has 3 aliphatic heterocycles. The minimum Gasteiger partial charge on any atom is -0.475 e. The molecule has 2 N–H and O–H groups in total. The molecule has 2 saturated heterocycles. The molecule has 4 amide bonds. The summed E-state index contributed by atoms with van der Waals surface area (Å²) in [4.78, 5) is 55.8. The SMILES string of the molecule is COC(=O)NCCN1C(=O)C2(CCOCC2)Oc2cc(C)c(C(=O)N(C(C)C)[C@@H]3CCCN(C(=O)O)C3)cc21. The average Bonchev–Trinajstić information content (AvgIpc) is 2.91. The summed E-state index contributed by atoms with van der Waals surface area (Å²) in [5.41, 5.74) is 0.498. The molecule has 0 aromatic heterocycles. The predicted octanol–water partition coefficient (Wildman–Crippen LogP) is 2.62. The number of anilines is 1. The summed E-state index contributed by atoms with van der Waals surface area (Å²) < 4.78 is 16.5. The van der Waals surface area contributed by atoms with Crippen LogP contribution in [0.15, 0.2) is 12.1 Å². The molecule has 3 heterocycles. The van der Waals surface area contributed by atoms with Crippen molar-refractivity contribution in [2.24, 2.45) is 0 Å². The second kappa shape index (κ2) is 11.7. The number of nitrogens with zero attached hydrogens (tertiary/aromatic N) is 3. The number of likely N-dealkylation sites (tertiary alicyclic amines) is 1. The van der Waals surface area contributed by atoms with Gasteiger partial charge in [0, 0.05) is 50.6 Å². The van der Waals surface area contributed by atoms with Gasteiger partial charge < -0.3 is 39.3 Å². The number of amides is 4. The molecule has 0 unspecified atom stereocenters. The molecule has 3 aliphatic rings. The van der Waals surface area contributed by atoms with Crippen molar-refractivity contribution in [3.8, 4) is 5.75 Å². The molecular formula is C27H38N4O8. The van der Waals surface area contributed by atoms with E-state index in [9.17, 15) is 24.3 Å². The number of carbonyl (C=O) groups excluding carboxylic acids is 3. The van der Waals surface area contributed by atoms with Crippen LogP contribution in [0.5, 0.6) is 5.75 Å². The third-order valence-electron chi connectivity index (χ3n) is 7.71. The topological polar surface area (TPSA) is 138 Å². The summed E-state index contributed by atoms with van der Waals surface area (Å²) in [5.74, 6) is 0.0284. The Kier molecular flexibility index (Phi) is 8.53. The molecule has 12 nitrogen and oxygen atoms in total. The van der Waals surface area contributed by atoms with Gasteiger partial charge in [0.2, 0.25) is 0 Å². The van der Waals surface area contributed by atoms with Gasteiger partial charge >= 0.3 is 12.2 Å². The molecule has 2 fully saturated rings. The number of carboxylic acid groups (broad SMARTS) is 1. The molecule has 1 aromatic rings. The summed E-state index contributed by atoms with van der Waals surface area (Å²) in [5, 5.41) is 12.1. The van der Waals surface area contributed by atoms with Crippen molar-refractivity contribution in [2.75, 3.05) is 51.4 Å². The minimum absolute atomic E-state index is 0.146. The molecule has 214 valence electrons. The number of aryl methyl sites for hydroxylation is 1. The van der Waals surface area contributed by atoms with Gasteiger partial charge in [-0.1, -0.05) is 0 Å². The predicted molar refractivity (Wildman–Crippen MR) is 141 cm³/mol. The number of alkyl carbamates (subject to hydrolysis) is 1. The van der Waals surface area contributed by atoms with Crippen LogP contribution >= 0.6 is 0 Å². The Morgan fingerprint density at radius 1 is 1.26 bits per heavy atom. The Morgan fingerprint density at radius 3 is 2.62 bits per heavy atom. The van der Waals surface area contributed by atoms with Crippen LogP contribution in [0.2, 0.25) is 0 Å². The van der Waals surface area contributed by atoms with Gasteiger partial charge in [-0.25, -0.2) is 9.59 Å². The van der Waals surface area contributed by atoms with Gasteiger partial charge in [-0.05, 0) is 51.3 Å². The number of piperidine rings is 1. The van der Waals surface area contributed by atoms with Crippen molar-refractivity contribution in [3.05, 3.63) is 23.3 Å². The van der Waals surface area contributed by atoms with E-state index in [4.69, 9.17) is 9.47 Å². The molecule has 12 heteroatoms. The van der Waals surface area contributed by atoms with E-state index >= 15 is 0 Å². The number of ether oxygens (including phenoxy) is 3. The van der Waals surface area contributed by atoms with E-state index in [1.807, 2.05) is 20.8 Å². The number of benzene rings is 1. The van der Waals surface area contributed by atoms with E-state index in [0.717, 1.165) is 0 Å². The van der Waals surface area contributed by atoms with Gasteiger partial charge in [-0.3, -0.25) is 9.59 Å². The highest BCUT2D eigenvalue weighted by molar-refractivity contribution is 6.05. The van der Waals surface area contributed by atoms with Gasteiger partial charge in [-0.2, -0.15) is 0 Å². The zero-order valence-electron chi connectivity index (χ0n) is 23.0. The van der Waals surface area contributed by atoms with Crippen LogP contribution in [0.3, 0.4) is 0 Å². The fraction of sp³-hybridized carbons (Fsp3) is 0.630. The number of rotatable bonds is 6. The highest BCUT2D eigenvalue weighted by atomic mass is 16.5. The first kappa shape index (κ1) is 28.5. The molecule has 4 rings (SSSR count). The largest absolute Gasteiger partial charge is 0.475 e. The molecule has 0 saturated carbocycles. The van der Waals surface area contributed by atoms with E-state index in [2.05, 4.69) is 10.1 Å². The minimum atomic E-state index is -1.07. The maximum atomic E-state index is 14.0. The Labute approximate surface area is 228 Å². The van der Waals surface area contributed by atoms with Crippen molar-refractivity contribution in [2.45, 2.75) is 64.1 Å². The zero-order chi connectivity index (χ0) is 28.3. The van der Waals surface area contributed by atoms with Gasteiger partial charge in [0.15, 0.2) is 5.60 Å². The van der Waals surface area contributed by atoms with E-state index in [1.54, 1.807) is 21.9 Å². The van der Waals surface area contributed by atoms with Crippen LogP contribution < -0.4 is 15.0 Å². The van der Waals surface area contributed by atoms with Crippen molar-refractivity contribution in [3.63, 3.8) is 0 Å². The molecule has 1 aromatic carbocycles. The second-order valence-electron chi connectivity index (χ2n) is 10.5. The van der Waals surface area contributed by atoms with Crippen molar-refractivity contribution in [1.29, 1.82) is 0 Å². The number of nitrogens with one attached hydrogen (secondary N) is 1. The number of hydrogen-bond donors (Lipinski definition) is 2. The van der Waals surface area contributed by atoms with E-state index in [1.165, 1.54) is 12.0 Å². The third-order valence-corrected chi connectivity index (χ3v) is 7.71. The summed E-state index contributed by atoms with van der Waals surface area (Å²) in [6.07, 6.45) is 0.576. The van der Waals surface area contributed by atoms with Crippen molar-refractivity contribution < 1.29 is 38.5 Å². The number of methoxy groups -OCH3 is 1. The van der Waals surface area contributed by atoms with Crippen LogP contribution in [-0.4, -0.2) is 103 Å². The lowest BCUT2D eigenvalue weighted by atomic mass is 9.89. The summed E-state index contributed by atoms with van der Waals surface area (Å²) in [7, 11) is 1.27. The number of fused-ring (bicyclic) bond motifs is 1. The monoisotopic (exact) mass is 546 g/mol. The van der Waals surface area contributed by atoms with Gasteiger partial charge in [0.25, 0.3) is 11.8 Å². The first-order valence-electron chi connectivity index (χ1n) is 13.4. The van der Waals surface area contributed by atoms with E-state index in [0.29, 0.717) is 68.0 Å². The Balaban J connectivity index is 1.69. The van der Waals surface area contributed by atoms with Crippen molar-refractivity contribution >= 4 is 29.7 Å². The molecule has 1 spiro atoms. The van der Waals surface area contributed by atoms with Crippen LogP contribution in [0.4, 0.5) is 15.3 Å². The fourth-order valence-electron chi connectivity index (χ4n) is 5.70. The maximum absolute atomic E-state index is 14.0. The Morgan fingerprint density at radius 2 is 1.97 bits per heavy atom. The van der Waals surface area contributed by atoms with Crippen molar-refractivity contribution in [1.82, 2.24) is 15.1 Å². The quantitative estimate of drug-likeness (QED) is 0.556. The van der Waals surface area contributed by atoms with E-state index in [-0.39, 0.29) is 43.5 Å². The summed E-state index contributed by atoms with van der Waals surface area (Å²) in [6, 6.07) is 3.04. The lowest BCUT2D eigenvalue weighted by molar-refractivity contribution is -0.144. The van der Waals surface area contributed by atoms with Gasteiger partial charge in [0.05, 0.1) is 32.1 Å². The fourth-order valence-corrected chi connectivity index (χ4v) is 5.70. The van der Waals surface area contributed by atoms with Crippen LogP contribution in [0.25, 0.3) is 0 Å². The Bertz CT molecular complexity index is 1120. The molecular weight excluding hydrogens is 508 g/mol. The van der Waals surface area contributed by atoms with Gasteiger partial charge in [0.1, 0.15) is 5.75 Å². The van der Waals surface area contributed by atoms with Crippen LogP contribution in [0.1, 0.15) is 55.5 Å². The third kappa shape index (κ3) is 5.75.